The van der Waals surface area contributed by atoms with Gasteiger partial charge in [0.05, 0.1) is 10.5 Å². The lowest BCUT2D eigenvalue weighted by molar-refractivity contribution is 0.0377. The number of benzene rings is 1. The Labute approximate surface area is 115 Å². The summed E-state index contributed by atoms with van der Waals surface area (Å²) in [6.45, 7) is 5.74. The quantitative estimate of drug-likeness (QED) is 0.806. The minimum Gasteiger partial charge on any atom is -0.389 e. The summed E-state index contributed by atoms with van der Waals surface area (Å²) in [4.78, 5) is 0.235. The van der Waals surface area contributed by atoms with Crippen LogP contribution in [0.25, 0.3) is 0 Å². The predicted octanol–water partition coefficient (Wildman–Crippen LogP) is 2.08. The Kier molecular flexibility index (Phi) is 5.52. The van der Waals surface area contributed by atoms with Crippen LogP contribution in [-0.2, 0) is 16.4 Å². The van der Waals surface area contributed by atoms with Gasteiger partial charge in [0.15, 0.2) is 0 Å². The standard InChI is InChI=1S/C14H23NO3S/c1-4-12-7-9-13(10-8-12)19(17,18)15-11-14(16,5-2)6-3/h7-10,15-16H,4-6,11H2,1-3H3. The number of hydrogen-bond acceptors (Lipinski definition) is 3. The van der Waals surface area contributed by atoms with Crippen molar-refractivity contribution in [3.05, 3.63) is 29.8 Å². The molecule has 1 rings (SSSR count). The Morgan fingerprint density at radius 3 is 2.05 bits per heavy atom. The highest BCUT2D eigenvalue weighted by Gasteiger charge is 2.25. The summed E-state index contributed by atoms with van der Waals surface area (Å²) in [7, 11) is -3.55. The van der Waals surface area contributed by atoms with Crippen molar-refractivity contribution in [1.82, 2.24) is 4.72 Å². The number of aliphatic hydroxyl groups is 1. The lowest BCUT2D eigenvalue weighted by Crippen LogP contribution is -2.41. The SMILES string of the molecule is CCc1ccc(S(=O)(=O)NCC(O)(CC)CC)cc1. The molecule has 0 heterocycles. The summed E-state index contributed by atoms with van der Waals surface area (Å²) in [6.07, 6.45) is 1.90. The highest BCUT2D eigenvalue weighted by Crippen LogP contribution is 2.16. The minimum atomic E-state index is -3.55. The van der Waals surface area contributed by atoms with Crippen LogP contribution in [0.3, 0.4) is 0 Å². The van der Waals surface area contributed by atoms with Crippen LogP contribution in [0.1, 0.15) is 39.2 Å². The molecule has 2 N–H and O–H groups in total. The number of sulfonamides is 1. The van der Waals surface area contributed by atoms with Crippen molar-refractivity contribution in [2.24, 2.45) is 0 Å². The lowest BCUT2D eigenvalue weighted by atomic mass is 9.98. The molecule has 0 aliphatic rings. The third-order valence-electron chi connectivity index (χ3n) is 3.55. The molecule has 4 nitrogen and oxygen atoms in total. The van der Waals surface area contributed by atoms with E-state index in [9.17, 15) is 13.5 Å². The molecule has 1 aromatic carbocycles. The first-order valence-corrected chi connectivity index (χ1v) is 8.16. The van der Waals surface area contributed by atoms with Crippen LogP contribution in [-0.4, -0.2) is 25.7 Å². The van der Waals surface area contributed by atoms with Crippen LogP contribution in [0.2, 0.25) is 0 Å². The van der Waals surface area contributed by atoms with E-state index in [2.05, 4.69) is 4.72 Å². The van der Waals surface area contributed by atoms with Crippen molar-refractivity contribution in [1.29, 1.82) is 0 Å². The highest BCUT2D eigenvalue weighted by atomic mass is 32.2. The van der Waals surface area contributed by atoms with Crippen molar-refractivity contribution in [2.45, 2.75) is 50.5 Å². The van der Waals surface area contributed by atoms with Crippen molar-refractivity contribution in [2.75, 3.05) is 6.54 Å². The summed E-state index contributed by atoms with van der Waals surface area (Å²) in [6, 6.07) is 6.80. The van der Waals surface area contributed by atoms with Gasteiger partial charge in [-0.15, -0.1) is 0 Å². The van der Waals surface area contributed by atoms with Gasteiger partial charge in [0.2, 0.25) is 10.0 Å². The summed E-state index contributed by atoms with van der Waals surface area (Å²) < 4.78 is 26.7. The predicted molar refractivity (Wildman–Crippen MR) is 76.5 cm³/mol. The second-order valence-corrected chi connectivity index (χ2v) is 6.52. The van der Waals surface area contributed by atoms with Crippen LogP contribution in [0, 0.1) is 0 Å². The molecule has 0 atom stereocenters. The second-order valence-electron chi connectivity index (χ2n) is 4.75. The fourth-order valence-corrected chi connectivity index (χ4v) is 2.84. The van der Waals surface area contributed by atoms with Crippen LogP contribution >= 0.6 is 0 Å². The van der Waals surface area contributed by atoms with E-state index in [0.29, 0.717) is 12.8 Å². The Morgan fingerprint density at radius 2 is 1.63 bits per heavy atom. The monoisotopic (exact) mass is 285 g/mol. The third kappa shape index (κ3) is 4.30. The molecule has 5 heteroatoms. The van der Waals surface area contributed by atoms with E-state index < -0.39 is 15.6 Å². The molecule has 108 valence electrons. The molecular weight excluding hydrogens is 262 g/mol. The van der Waals surface area contributed by atoms with E-state index in [1.807, 2.05) is 20.8 Å². The van der Waals surface area contributed by atoms with Crippen molar-refractivity contribution in [3.63, 3.8) is 0 Å². The Balaban J connectivity index is 2.80. The molecule has 0 unspecified atom stereocenters. The fraction of sp³-hybridized carbons (Fsp3) is 0.571. The van der Waals surface area contributed by atoms with E-state index in [0.717, 1.165) is 12.0 Å². The average Bonchev–Trinajstić information content (AvgIpc) is 2.45. The van der Waals surface area contributed by atoms with Crippen LogP contribution in [0.4, 0.5) is 0 Å². The van der Waals surface area contributed by atoms with E-state index in [1.54, 1.807) is 24.3 Å². The van der Waals surface area contributed by atoms with Gasteiger partial charge < -0.3 is 5.11 Å². The van der Waals surface area contributed by atoms with E-state index >= 15 is 0 Å². The molecule has 0 amide bonds. The van der Waals surface area contributed by atoms with Gasteiger partial charge in [0.25, 0.3) is 0 Å². The number of nitrogens with one attached hydrogen (secondary N) is 1. The van der Waals surface area contributed by atoms with Crippen molar-refractivity contribution in [3.8, 4) is 0 Å². The lowest BCUT2D eigenvalue weighted by Gasteiger charge is -2.25. The molecule has 19 heavy (non-hydrogen) atoms. The van der Waals surface area contributed by atoms with Gasteiger partial charge in [-0.25, -0.2) is 13.1 Å². The van der Waals surface area contributed by atoms with E-state index in [1.165, 1.54) is 0 Å². The van der Waals surface area contributed by atoms with Gasteiger partial charge >= 0.3 is 0 Å². The highest BCUT2D eigenvalue weighted by molar-refractivity contribution is 7.89. The first-order chi connectivity index (χ1) is 8.87. The first-order valence-electron chi connectivity index (χ1n) is 6.68. The summed E-state index contributed by atoms with van der Waals surface area (Å²) in [5.41, 5.74) is 0.119. The molecule has 0 bridgehead atoms. The molecule has 0 saturated heterocycles. The van der Waals surface area contributed by atoms with Gasteiger partial charge in [0, 0.05) is 6.54 Å². The maximum atomic E-state index is 12.1. The van der Waals surface area contributed by atoms with Crippen molar-refractivity contribution >= 4 is 10.0 Å². The maximum Gasteiger partial charge on any atom is 0.240 e. The normalized spacial score (nSPS) is 12.6. The summed E-state index contributed by atoms with van der Waals surface area (Å²) in [5.74, 6) is 0. The van der Waals surface area contributed by atoms with Gasteiger partial charge in [0.1, 0.15) is 0 Å². The molecule has 0 saturated carbocycles. The van der Waals surface area contributed by atoms with Gasteiger partial charge in [-0.2, -0.15) is 0 Å². The number of hydrogen-bond donors (Lipinski definition) is 2. The van der Waals surface area contributed by atoms with Crippen LogP contribution in [0.5, 0.6) is 0 Å². The molecule has 0 radical (unpaired) electrons. The number of rotatable bonds is 7. The summed E-state index contributed by atoms with van der Waals surface area (Å²) in [5, 5.41) is 10.1. The Hall–Kier alpha value is -0.910. The zero-order valence-electron chi connectivity index (χ0n) is 11.8. The third-order valence-corrected chi connectivity index (χ3v) is 4.97. The molecule has 1 aromatic rings. The van der Waals surface area contributed by atoms with Crippen molar-refractivity contribution < 1.29 is 13.5 Å². The first kappa shape index (κ1) is 16.1. The van der Waals surface area contributed by atoms with E-state index in [4.69, 9.17) is 0 Å². The fourth-order valence-electron chi connectivity index (χ4n) is 1.72. The second kappa shape index (κ2) is 6.50. The molecule has 0 aliphatic heterocycles. The van der Waals surface area contributed by atoms with E-state index in [-0.39, 0.29) is 11.4 Å². The Morgan fingerprint density at radius 1 is 1.11 bits per heavy atom. The zero-order chi connectivity index (χ0) is 14.5. The topological polar surface area (TPSA) is 66.4 Å². The maximum absolute atomic E-state index is 12.1. The zero-order valence-corrected chi connectivity index (χ0v) is 12.6. The molecule has 0 fully saturated rings. The smallest absolute Gasteiger partial charge is 0.240 e. The Bertz CT molecular complexity index is 490. The van der Waals surface area contributed by atoms with Crippen LogP contribution < -0.4 is 4.72 Å². The summed E-state index contributed by atoms with van der Waals surface area (Å²) >= 11 is 0. The number of aryl methyl sites for hydroxylation is 1. The van der Waals surface area contributed by atoms with Gasteiger partial charge in [-0.05, 0) is 37.0 Å². The van der Waals surface area contributed by atoms with Crippen LogP contribution in [0.15, 0.2) is 29.2 Å². The molecule has 0 aromatic heterocycles. The molecule has 0 aliphatic carbocycles. The molecule has 0 spiro atoms. The van der Waals surface area contributed by atoms with Gasteiger partial charge in [-0.1, -0.05) is 32.9 Å². The average molecular weight is 285 g/mol. The molecular formula is C14H23NO3S. The van der Waals surface area contributed by atoms with Gasteiger partial charge in [-0.3, -0.25) is 0 Å². The largest absolute Gasteiger partial charge is 0.389 e. The minimum absolute atomic E-state index is 0.0395.